The van der Waals surface area contributed by atoms with Crippen LogP contribution in [0.25, 0.3) is 0 Å². The Kier molecular flexibility index (Phi) is 7.09. The third kappa shape index (κ3) is 5.58. The average molecular weight is 401 g/mol. The Bertz CT molecular complexity index is 792. The maximum atomic E-state index is 12.7. The van der Waals surface area contributed by atoms with Crippen molar-refractivity contribution in [2.45, 2.75) is 39.2 Å². The van der Waals surface area contributed by atoms with Gasteiger partial charge < -0.3 is 15.0 Å². The summed E-state index contributed by atoms with van der Waals surface area (Å²) in [7, 11) is 1.68. The molecule has 0 spiro atoms. The van der Waals surface area contributed by atoms with E-state index in [1.54, 1.807) is 7.11 Å². The summed E-state index contributed by atoms with van der Waals surface area (Å²) in [4.78, 5) is 27.5. The first-order valence-electron chi connectivity index (χ1n) is 9.80. The summed E-state index contributed by atoms with van der Waals surface area (Å²) >= 11 is 1.47. The van der Waals surface area contributed by atoms with Gasteiger partial charge in [0.1, 0.15) is 5.75 Å². The number of methoxy groups -OCH3 is 1. The van der Waals surface area contributed by atoms with E-state index >= 15 is 0 Å². The van der Waals surface area contributed by atoms with Crippen molar-refractivity contribution in [2.24, 2.45) is 5.92 Å². The van der Waals surface area contributed by atoms with Gasteiger partial charge >= 0.3 is 0 Å². The average Bonchev–Trinajstić information content (AvgIpc) is 3.20. The fraction of sp³-hybridized carbons (Fsp3) is 0.455. The van der Waals surface area contributed by atoms with Gasteiger partial charge in [-0.15, -0.1) is 11.3 Å². The van der Waals surface area contributed by atoms with Crippen LogP contribution in [0.4, 0.5) is 0 Å². The van der Waals surface area contributed by atoms with E-state index in [2.05, 4.69) is 17.4 Å². The predicted octanol–water partition coefficient (Wildman–Crippen LogP) is 3.88. The quantitative estimate of drug-likeness (QED) is 0.767. The van der Waals surface area contributed by atoms with Crippen molar-refractivity contribution < 1.29 is 14.3 Å². The van der Waals surface area contributed by atoms with E-state index in [1.807, 2.05) is 29.2 Å². The molecule has 0 saturated carbocycles. The summed E-state index contributed by atoms with van der Waals surface area (Å²) in [6, 6.07) is 12.1. The van der Waals surface area contributed by atoms with Crippen LogP contribution >= 0.6 is 11.3 Å². The minimum absolute atomic E-state index is 0.0574. The molecule has 1 aromatic heterocycles. The van der Waals surface area contributed by atoms with E-state index in [-0.39, 0.29) is 11.8 Å². The Hall–Kier alpha value is -2.34. The minimum atomic E-state index is -0.0574. The van der Waals surface area contributed by atoms with Crippen LogP contribution in [0.3, 0.4) is 0 Å². The van der Waals surface area contributed by atoms with Gasteiger partial charge in [-0.3, -0.25) is 9.59 Å². The maximum absolute atomic E-state index is 12.7. The van der Waals surface area contributed by atoms with Crippen LogP contribution in [0.2, 0.25) is 0 Å². The number of thiophene rings is 1. The van der Waals surface area contributed by atoms with E-state index in [1.165, 1.54) is 23.8 Å². The molecule has 3 rings (SSSR count). The highest BCUT2D eigenvalue weighted by Gasteiger charge is 2.24. The minimum Gasteiger partial charge on any atom is -0.497 e. The van der Waals surface area contributed by atoms with E-state index in [9.17, 15) is 9.59 Å². The maximum Gasteiger partial charge on any atom is 0.263 e. The molecule has 1 aliphatic heterocycles. The number of nitrogens with one attached hydrogen (secondary N) is 1. The lowest BCUT2D eigenvalue weighted by atomic mass is 9.90. The second-order valence-electron chi connectivity index (χ2n) is 7.30. The Morgan fingerprint density at radius 2 is 1.86 bits per heavy atom. The zero-order valence-electron chi connectivity index (χ0n) is 16.6. The van der Waals surface area contributed by atoms with Gasteiger partial charge in [0.25, 0.3) is 5.91 Å². The molecule has 2 aromatic rings. The van der Waals surface area contributed by atoms with Gasteiger partial charge in [-0.2, -0.15) is 0 Å². The molecule has 1 fully saturated rings. The number of benzene rings is 1. The second kappa shape index (κ2) is 9.73. The monoisotopic (exact) mass is 400 g/mol. The molecular weight excluding hydrogens is 372 g/mol. The molecule has 0 atom stereocenters. The second-order valence-corrected chi connectivity index (χ2v) is 8.47. The lowest BCUT2D eigenvalue weighted by Crippen LogP contribution is -2.38. The van der Waals surface area contributed by atoms with E-state index in [4.69, 9.17) is 4.74 Å². The largest absolute Gasteiger partial charge is 0.497 e. The number of carbonyl (C=O) groups excluding carboxylic acids is 2. The molecule has 28 heavy (non-hydrogen) atoms. The normalized spacial score (nSPS) is 14.7. The van der Waals surface area contributed by atoms with Crippen LogP contribution in [0, 0.1) is 5.92 Å². The lowest BCUT2D eigenvalue weighted by Gasteiger charge is -2.31. The molecule has 1 aliphatic rings. The van der Waals surface area contributed by atoms with Crippen LogP contribution in [0.1, 0.15) is 46.3 Å². The molecule has 1 saturated heterocycles. The van der Waals surface area contributed by atoms with Gasteiger partial charge in [0.2, 0.25) is 5.91 Å². The number of rotatable bonds is 7. The molecule has 2 amide bonds. The van der Waals surface area contributed by atoms with Gasteiger partial charge in [-0.25, -0.2) is 0 Å². The molecule has 0 aliphatic carbocycles. The van der Waals surface area contributed by atoms with Crippen molar-refractivity contribution in [3.05, 3.63) is 51.7 Å². The van der Waals surface area contributed by atoms with Crippen LogP contribution in [0.15, 0.2) is 36.4 Å². The number of hydrogen-bond acceptors (Lipinski definition) is 4. The molecular formula is C22H28N2O3S. The Labute approximate surface area is 170 Å². The molecule has 6 heteroatoms. The van der Waals surface area contributed by atoms with Crippen molar-refractivity contribution >= 4 is 23.2 Å². The number of carbonyl (C=O) groups is 2. The first-order valence-corrected chi connectivity index (χ1v) is 10.6. The van der Waals surface area contributed by atoms with Crippen molar-refractivity contribution in [3.63, 3.8) is 0 Å². The third-order valence-electron chi connectivity index (χ3n) is 5.29. The number of aryl methyl sites for hydroxylation is 1. The SMILES string of the molecule is COc1ccc(CCC2CCN(C(=O)c3ccc(CNC(C)=O)s3)CC2)cc1. The fourth-order valence-corrected chi connectivity index (χ4v) is 4.46. The first kappa shape index (κ1) is 20.4. The molecule has 0 bridgehead atoms. The van der Waals surface area contributed by atoms with Crippen LogP contribution in [0.5, 0.6) is 5.75 Å². The summed E-state index contributed by atoms with van der Waals surface area (Å²) < 4.78 is 5.20. The van der Waals surface area contributed by atoms with E-state index in [0.717, 1.165) is 54.3 Å². The van der Waals surface area contributed by atoms with Gasteiger partial charge in [0.05, 0.1) is 18.5 Å². The molecule has 5 nitrogen and oxygen atoms in total. The number of ether oxygens (including phenoxy) is 1. The number of piperidine rings is 1. The van der Waals surface area contributed by atoms with Crippen LogP contribution in [-0.2, 0) is 17.8 Å². The number of amides is 2. The molecule has 2 heterocycles. The topological polar surface area (TPSA) is 58.6 Å². The van der Waals surface area contributed by atoms with Gasteiger partial charge in [0.15, 0.2) is 0 Å². The molecule has 150 valence electrons. The number of hydrogen-bond donors (Lipinski definition) is 1. The zero-order chi connectivity index (χ0) is 19.9. The lowest BCUT2D eigenvalue weighted by molar-refractivity contribution is -0.119. The van der Waals surface area contributed by atoms with E-state index < -0.39 is 0 Å². The van der Waals surface area contributed by atoms with Crippen LogP contribution in [-0.4, -0.2) is 36.9 Å². The van der Waals surface area contributed by atoms with E-state index in [0.29, 0.717) is 12.5 Å². The van der Waals surface area contributed by atoms with Crippen LogP contribution < -0.4 is 10.1 Å². The Balaban J connectivity index is 1.44. The number of likely N-dealkylation sites (tertiary alicyclic amines) is 1. The first-order chi connectivity index (χ1) is 13.5. The van der Waals surface area contributed by atoms with Crippen molar-refractivity contribution in [2.75, 3.05) is 20.2 Å². The summed E-state index contributed by atoms with van der Waals surface area (Å²) in [5.74, 6) is 1.62. The Morgan fingerprint density at radius 3 is 2.50 bits per heavy atom. The summed E-state index contributed by atoms with van der Waals surface area (Å²) in [5.41, 5.74) is 1.34. The summed E-state index contributed by atoms with van der Waals surface area (Å²) in [5, 5.41) is 2.77. The number of nitrogens with zero attached hydrogens (tertiary/aromatic N) is 1. The highest BCUT2D eigenvalue weighted by Crippen LogP contribution is 2.26. The smallest absolute Gasteiger partial charge is 0.263 e. The fourth-order valence-electron chi connectivity index (χ4n) is 3.54. The van der Waals surface area contributed by atoms with Gasteiger partial charge in [-0.05, 0) is 61.4 Å². The Morgan fingerprint density at radius 1 is 1.14 bits per heavy atom. The van der Waals surface area contributed by atoms with Crippen molar-refractivity contribution in [1.82, 2.24) is 10.2 Å². The predicted molar refractivity (Wildman–Crippen MR) is 112 cm³/mol. The zero-order valence-corrected chi connectivity index (χ0v) is 17.4. The highest BCUT2D eigenvalue weighted by molar-refractivity contribution is 7.14. The van der Waals surface area contributed by atoms with Gasteiger partial charge in [0, 0.05) is 24.9 Å². The van der Waals surface area contributed by atoms with Crippen molar-refractivity contribution in [3.8, 4) is 5.75 Å². The molecule has 0 unspecified atom stereocenters. The third-order valence-corrected chi connectivity index (χ3v) is 6.36. The summed E-state index contributed by atoms with van der Waals surface area (Å²) in [6.45, 7) is 3.63. The molecule has 1 aromatic carbocycles. The molecule has 1 N–H and O–H groups in total. The highest BCUT2D eigenvalue weighted by atomic mass is 32.1. The standard InChI is InChI=1S/C22H28N2O3S/c1-16(25)23-15-20-9-10-21(28-20)22(26)24-13-11-18(12-14-24)4-3-17-5-7-19(27-2)8-6-17/h5-10,18H,3-4,11-15H2,1-2H3,(H,23,25). The summed E-state index contributed by atoms with van der Waals surface area (Å²) in [6.07, 6.45) is 4.35. The van der Waals surface area contributed by atoms with Gasteiger partial charge in [-0.1, -0.05) is 12.1 Å². The molecule has 0 radical (unpaired) electrons. The van der Waals surface area contributed by atoms with Crippen molar-refractivity contribution in [1.29, 1.82) is 0 Å².